The molecular formula is C22H26BrNO6. The van der Waals surface area contributed by atoms with Crippen molar-refractivity contribution in [1.29, 1.82) is 0 Å². The maximum atomic E-state index is 12.8. The first kappa shape index (κ1) is 23.7. The normalized spacial score (nSPS) is 11.7. The Balaban J connectivity index is 2.23. The topological polar surface area (TPSA) is 94.7 Å². The van der Waals surface area contributed by atoms with Crippen LogP contribution in [0.1, 0.15) is 69.7 Å². The minimum absolute atomic E-state index is 0.132. The zero-order valence-corrected chi connectivity index (χ0v) is 19.6. The van der Waals surface area contributed by atoms with E-state index in [2.05, 4.69) is 20.9 Å². The monoisotopic (exact) mass is 479 g/mol. The van der Waals surface area contributed by atoms with Crippen LogP contribution in [-0.4, -0.2) is 42.3 Å². The number of halogens is 1. The Morgan fingerprint density at radius 2 is 1.87 bits per heavy atom. The minimum Gasteiger partial charge on any atom is -0.493 e. The third-order valence-electron chi connectivity index (χ3n) is 4.60. The Hall–Kier alpha value is -2.61. The lowest BCUT2D eigenvalue weighted by Crippen LogP contribution is -2.25. The van der Waals surface area contributed by atoms with Crippen LogP contribution in [-0.2, 0) is 4.74 Å². The Morgan fingerprint density at radius 1 is 1.20 bits per heavy atom. The molecule has 1 unspecified atom stereocenters. The molecule has 0 aliphatic heterocycles. The largest absolute Gasteiger partial charge is 0.493 e. The van der Waals surface area contributed by atoms with Gasteiger partial charge in [-0.05, 0) is 67.7 Å². The summed E-state index contributed by atoms with van der Waals surface area (Å²) in [7, 11) is 1.48. The Morgan fingerprint density at radius 3 is 2.40 bits per heavy atom. The molecule has 0 aliphatic rings. The number of methoxy groups -OCH3 is 1. The summed E-state index contributed by atoms with van der Waals surface area (Å²) in [6.45, 7) is 8.84. The van der Waals surface area contributed by atoms with E-state index in [1.807, 2.05) is 6.92 Å². The summed E-state index contributed by atoms with van der Waals surface area (Å²) in [4.78, 5) is 40.2. The molecule has 1 N–H and O–H groups in total. The summed E-state index contributed by atoms with van der Waals surface area (Å²) in [6, 6.07) is 3.07. The number of hydrogen-bond acceptors (Lipinski definition) is 6. The van der Waals surface area contributed by atoms with E-state index in [4.69, 9.17) is 14.2 Å². The lowest BCUT2D eigenvalue weighted by atomic mass is 10.0. The molecule has 0 bridgehead atoms. The quantitative estimate of drug-likeness (QED) is 0.409. The highest BCUT2D eigenvalue weighted by Crippen LogP contribution is 2.37. The van der Waals surface area contributed by atoms with E-state index >= 15 is 0 Å². The number of nitrogens with one attached hydrogen (secondary N) is 1. The van der Waals surface area contributed by atoms with Crippen LogP contribution in [0.25, 0.3) is 0 Å². The third kappa shape index (κ3) is 4.92. The van der Waals surface area contributed by atoms with Crippen LogP contribution < -0.4 is 9.47 Å². The smallest absolute Gasteiger partial charge is 0.339 e. The molecule has 1 aromatic carbocycles. The summed E-state index contributed by atoms with van der Waals surface area (Å²) in [5, 5.41) is 0. The van der Waals surface area contributed by atoms with Crippen molar-refractivity contribution in [2.75, 3.05) is 13.7 Å². The molecular weight excluding hydrogens is 454 g/mol. The number of ether oxygens (including phenoxy) is 3. The predicted molar refractivity (Wildman–Crippen MR) is 116 cm³/mol. The van der Waals surface area contributed by atoms with Crippen molar-refractivity contribution in [1.82, 2.24) is 4.98 Å². The van der Waals surface area contributed by atoms with Crippen molar-refractivity contribution < 1.29 is 28.6 Å². The number of hydrogen-bond donors (Lipinski definition) is 1. The molecule has 2 rings (SSSR count). The number of rotatable bonds is 9. The highest BCUT2D eigenvalue weighted by molar-refractivity contribution is 9.10. The number of aromatic amines is 1. The Kier molecular flexibility index (Phi) is 7.83. The summed E-state index contributed by atoms with van der Waals surface area (Å²) >= 11 is 3.39. The maximum absolute atomic E-state index is 12.8. The highest BCUT2D eigenvalue weighted by Gasteiger charge is 2.27. The van der Waals surface area contributed by atoms with Crippen molar-refractivity contribution >= 4 is 33.5 Å². The van der Waals surface area contributed by atoms with Crippen molar-refractivity contribution in [2.24, 2.45) is 0 Å². The first-order valence-corrected chi connectivity index (χ1v) is 10.4. The lowest BCUT2D eigenvalue weighted by Gasteiger charge is -2.15. The number of carbonyl (C=O) groups is 3. The van der Waals surface area contributed by atoms with Gasteiger partial charge in [-0.25, -0.2) is 4.79 Å². The number of aromatic nitrogens is 1. The number of esters is 1. The molecule has 30 heavy (non-hydrogen) atoms. The zero-order valence-electron chi connectivity index (χ0n) is 18.0. The molecule has 0 amide bonds. The fourth-order valence-electron chi connectivity index (χ4n) is 3.19. The van der Waals surface area contributed by atoms with Gasteiger partial charge >= 0.3 is 5.97 Å². The lowest BCUT2D eigenvalue weighted by molar-refractivity contribution is 0.0316. The average molecular weight is 480 g/mol. The molecule has 0 fully saturated rings. The molecule has 0 spiro atoms. The van der Waals surface area contributed by atoms with Crippen molar-refractivity contribution in [2.45, 2.75) is 47.1 Å². The third-order valence-corrected chi connectivity index (χ3v) is 5.19. The van der Waals surface area contributed by atoms with Crippen LogP contribution in [0.15, 0.2) is 16.6 Å². The second-order valence-corrected chi connectivity index (χ2v) is 7.79. The number of carbonyl (C=O) groups excluding carboxylic acids is 3. The summed E-state index contributed by atoms with van der Waals surface area (Å²) in [5.74, 6) is -0.345. The fraction of sp³-hybridized carbons (Fsp3) is 0.409. The van der Waals surface area contributed by atoms with Crippen molar-refractivity contribution in [3.63, 3.8) is 0 Å². The number of ketones is 2. The summed E-state index contributed by atoms with van der Waals surface area (Å²) in [5.41, 5.74) is 2.12. The van der Waals surface area contributed by atoms with Gasteiger partial charge in [0.15, 0.2) is 23.4 Å². The Bertz CT molecular complexity index is 978. The summed E-state index contributed by atoms with van der Waals surface area (Å²) in [6.07, 6.45) is -0.225. The van der Waals surface area contributed by atoms with Gasteiger partial charge in [-0.3, -0.25) is 9.59 Å². The van der Waals surface area contributed by atoms with E-state index < -0.39 is 17.9 Å². The number of Topliss-reactive ketones (excluding diaryl/α,β-unsaturated/α-hetero) is 2. The van der Waals surface area contributed by atoms with E-state index in [9.17, 15) is 14.4 Å². The van der Waals surface area contributed by atoms with Crippen molar-refractivity contribution in [3.05, 3.63) is 44.7 Å². The van der Waals surface area contributed by atoms with E-state index in [1.165, 1.54) is 27.0 Å². The standard InChI is InChI=1S/C22H26BrNO6/c1-7-8-29-21-16(23)9-15(10-17(21)28-6)22(27)30-14(5)20(26)19-11(2)18(13(4)25)12(3)24-19/h9-10,14,24H,7-8H2,1-6H3. The number of benzene rings is 1. The van der Waals surface area contributed by atoms with Gasteiger partial charge in [0.2, 0.25) is 5.78 Å². The van der Waals surface area contributed by atoms with Crippen LogP contribution in [0.5, 0.6) is 11.5 Å². The molecule has 7 nitrogen and oxygen atoms in total. The molecule has 1 aromatic heterocycles. The van der Waals surface area contributed by atoms with Gasteiger partial charge < -0.3 is 19.2 Å². The van der Waals surface area contributed by atoms with Gasteiger partial charge in [0, 0.05) is 11.3 Å². The Labute approximate surface area is 184 Å². The average Bonchev–Trinajstić information content (AvgIpc) is 2.99. The first-order valence-electron chi connectivity index (χ1n) is 9.57. The highest BCUT2D eigenvalue weighted by atomic mass is 79.9. The molecule has 1 atom stereocenters. The van der Waals surface area contributed by atoms with Crippen molar-refractivity contribution in [3.8, 4) is 11.5 Å². The van der Waals surface area contributed by atoms with Gasteiger partial charge in [0.05, 0.1) is 29.4 Å². The molecule has 162 valence electrons. The molecule has 0 saturated carbocycles. The van der Waals surface area contributed by atoms with Crippen LogP contribution >= 0.6 is 15.9 Å². The molecule has 1 heterocycles. The van der Waals surface area contributed by atoms with E-state index in [0.29, 0.717) is 39.4 Å². The van der Waals surface area contributed by atoms with Gasteiger partial charge in [0.25, 0.3) is 0 Å². The molecule has 2 aromatic rings. The fourth-order valence-corrected chi connectivity index (χ4v) is 3.75. The van der Waals surface area contributed by atoms with E-state index in [0.717, 1.165) is 6.42 Å². The molecule has 0 radical (unpaired) electrons. The SMILES string of the molecule is CCCOc1c(Br)cc(C(=O)OC(C)C(=O)c2[nH]c(C)c(C(C)=O)c2C)cc1OC. The van der Waals surface area contributed by atoms with Gasteiger partial charge in [-0.1, -0.05) is 6.92 Å². The van der Waals surface area contributed by atoms with E-state index in [-0.39, 0.29) is 17.0 Å². The number of aryl methyl sites for hydroxylation is 1. The number of H-pyrrole nitrogens is 1. The summed E-state index contributed by atoms with van der Waals surface area (Å²) < 4.78 is 16.9. The molecule has 0 aliphatic carbocycles. The molecule has 0 saturated heterocycles. The van der Waals surface area contributed by atoms with Crippen LogP contribution in [0.2, 0.25) is 0 Å². The van der Waals surface area contributed by atoms with Gasteiger partial charge in [0.1, 0.15) is 0 Å². The predicted octanol–water partition coefficient (Wildman–Crippen LogP) is 4.82. The van der Waals surface area contributed by atoms with Gasteiger partial charge in [-0.15, -0.1) is 0 Å². The van der Waals surface area contributed by atoms with Crippen LogP contribution in [0.4, 0.5) is 0 Å². The van der Waals surface area contributed by atoms with Crippen LogP contribution in [0.3, 0.4) is 0 Å². The van der Waals surface area contributed by atoms with E-state index in [1.54, 1.807) is 19.9 Å². The maximum Gasteiger partial charge on any atom is 0.339 e. The second kappa shape index (κ2) is 9.93. The molecule has 8 heteroatoms. The van der Waals surface area contributed by atoms with Gasteiger partial charge in [-0.2, -0.15) is 0 Å². The van der Waals surface area contributed by atoms with Crippen LogP contribution in [0, 0.1) is 13.8 Å². The second-order valence-electron chi connectivity index (χ2n) is 6.93. The minimum atomic E-state index is -1.05. The zero-order chi connectivity index (χ0) is 22.6. The first-order chi connectivity index (χ1) is 14.1.